The average molecular weight is 387 g/mol. The zero-order valence-electron chi connectivity index (χ0n) is 13.3. The van der Waals surface area contributed by atoms with Crippen LogP contribution < -0.4 is 5.32 Å². The molecule has 136 valence electrons. The van der Waals surface area contributed by atoms with E-state index in [4.69, 9.17) is 11.6 Å². The Labute approximate surface area is 143 Å². The van der Waals surface area contributed by atoms with Crippen molar-refractivity contribution in [3.63, 3.8) is 0 Å². The highest BCUT2D eigenvalue weighted by molar-refractivity contribution is 7.88. The number of sulfonamides is 1. The lowest BCUT2D eigenvalue weighted by Gasteiger charge is -2.22. The number of anilines is 1. The van der Waals surface area contributed by atoms with Gasteiger partial charge >= 0.3 is 6.18 Å². The number of halogens is 4. The molecule has 1 rings (SSSR count). The minimum atomic E-state index is -4.71. The number of nitrogens with zero attached hydrogens (tertiary/aromatic N) is 1. The minimum Gasteiger partial charge on any atom is -0.324 e. The van der Waals surface area contributed by atoms with Gasteiger partial charge in [0.15, 0.2) is 0 Å². The van der Waals surface area contributed by atoms with Crippen molar-refractivity contribution in [3.05, 3.63) is 28.8 Å². The van der Waals surface area contributed by atoms with Gasteiger partial charge in [-0.3, -0.25) is 4.79 Å². The highest BCUT2D eigenvalue weighted by Crippen LogP contribution is 2.36. The fourth-order valence-corrected chi connectivity index (χ4v) is 3.03. The molecule has 0 saturated carbocycles. The zero-order chi connectivity index (χ0) is 18.7. The van der Waals surface area contributed by atoms with Gasteiger partial charge in [-0.1, -0.05) is 25.4 Å². The fraction of sp³-hybridized carbons (Fsp3) is 0.500. The molecule has 0 fully saturated rings. The molecule has 0 aliphatic heterocycles. The van der Waals surface area contributed by atoms with E-state index in [-0.39, 0.29) is 17.5 Å². The summed E-state index contributed by atoms with van der Waals surface area (Å²) in [5.41, 5.74) is -1.58. The lowest BCUT2D eigenvalue weighted by Crippen LogP contribution is -2.39. The quantitative estimate of drug-likeness (QED) is 0.816. The molecular formula is C14H18ClF3N2O3S. The van der Waals surface area contributed by atoms with E-state index in [1.54, 1.807) is 13.8 Å². The Morgan fingerprint density at radius 3 is 2.38 bits per heavy atom. The third-order valence-corrected chi connectivity index (χ3v) is 4.37. The SMILES string of the molecule is CC(C)CN(CC(=O)Nc1ccc(Cl)cc1C(F)(F)F)S(C)(=O)=O. The Morgan fingerprint density at radius 2 is 1.92 bits per heavy atom. The Morgan fingerprint density at radius 1 is 1.33 bits per heavy atom. The van der Waals surface area contributed by atoms with Crippen molar-refractivity contribution in [3.8, 4) is 0 Å². The second-order valence-corrected chi connectivity index (χ2v) is 8.10. The first-order valence-electron chi connectivity index (χ1n) is 6.92. The van der Waals surface area contributed by atoms with Gasteiger partial charge in [-0.05, 0) is 24.1 Å². The van der Waals surface area contributed by atoms with E-state index in [2.05, 4.69) is 5.32 Å². The van der Waals surface area contributed by atoms with Crippen molar-refractivity contribution in [2.45, 2.75) is 20.0 Å². The molecular weight excluding hydrogens is 369 g/mol. The molecule has 0 radical (unpaired) electrons. The van der Waals surface area contributed by atoms with Crippen LogP contribution in [0.1, 0.15) is 19.4 Å². The van der Waals surface area contributed by atoms with E-state index in [0.717, 1.165) is 16.6 Å². The zero-order valence-corrected chi connectivity index (χ0v) is 14.9. The molecule has 0 aliphatic carbocycles. The number of hydrogen-bond donors (Lipinski definition) is 1. The molecule has 1 aromatic carbocycles. The van der Waals surface area contributed by atoms with E-state index >= 15 is 0 Å². The number of carbonyl (C=O) groups excluding carboxylic acids is 1. The first-order valence-corrected chi connectivity index (χ1v) is 9.15. The van der Waals surface area contributed by atoms with E-state index in [1.165, 1.54) is 6.07 Å². The van der Waals surface area contributed by atoms with E-state index in [0.29, 0.717) is 6.07 Å². The summed E-state index contributed by atoms with van der Waals surface area (Å²) in [4.78, 5) is 12.0. The third-order valence-electron chi connectivity index (χ3n) is 2.92. The number of benzene rings is 1. The topological polar surface area (TPSA) is 66.5 Å². The van der Waals surface area contributed by atoms with Crippen molar-refractivity contribution in [1.29, 1.82) is 0 Å². The van der Waals surface area contributed by atoms with Gasteiger partial charge in [0.25, 0.3) is 0 Å². The molecule has 0 atom stereocenters. The Hall–Kier alpha value is -1.32. The molecule has 1 amide bonds. The number of alkyl halides is 3. The molecule has 1 aromatic rings. The van der Waals surface area contributed by atoms with Crippen LogP contribution >= 0.6 is 11.6 Å². The molecule has 0 unspecified atom stereocenters. The van der Waals surface area contributed by atoms with Crippen LogP contribution in [0.3, 0.4) is 0 Å². The average Bonchev–Trinajstić information content (AvgIpc) is 2.37. The summed E-state index contributed by atoms with van der Waals surface area (Å²) in [6.45, 7) is 3.03. The van der Waals surface area contributed by atoms with Crippen LogP contribution in [0.25, 0.3) is 0 Å². The van der Waals surface area contributed by atoms with Gasteiger partial charge in [-0.15, -0.1) is 0 Å². The molecule has 5 nitrogen and oxygen atoms in total. The molecule has 0 aromatic heterocycles. The van der Waals surface area contributed by atoms with Crippen LogP contribution in [0.15, 0.2) is 18.2 Å². The van der Waals surface area contributed by atoms with Gasteiger partial charge in [-0.2, -0.15) is 17.5 Å². The monoisotopic (exact) mass is 386 g/mol. The molecule has 24 heavy (non-hydrogen) atoms. The molecule has 0 heterocycles. The van der Waals surface area contributed by atoms with Gasteiger partial charge in [-0.25, -0.2) is 8.42 Å². The fourth-order valence-electron chi connectivity index (χ4n) is 1.93. The van der Waals surface area contributed by atoms with Crippen LogP contribution in [0, 0.1) is 5.92 Å². The molecule has 10 heteroatoms. The first kappa shape index (κ1) is 20.7. The van der Waals surface area contributed by atoms with Gasteiger partial charge in [0.05, 0.1) is 24.1 Å². The van der Waals surface area contributed by atoms with Crippen molar-refractivity contribution >= 4 is 33.2 Å². The summed E-state index contributed by atoms with van der Waals surface area (Å²) in [5.74, 6) is -0.914. The predicted octanol–water partition coefficient (Wildman–Crippen LogP) is 3.21. The van der Waals surface area contributed by atoms with Crippen LogP contribution in [-0.4, -0.2) is 38.0 Å². The lowest BCUT2D eigenvalue weighted by atomic mass is 10.1. The maximum atomic E-state index is 13.0. The highest BCUT2D eigenvalue weighted by Gasteiger charge is 2.34. The lowest BCUT2D eigenvalue weighted by molar-refractivity contribution is -0.137. The summed E-state index contributed by atoms with van der Waals surface area (Å²) < 4.78 is 63.2. The smallest absolute Gasteiger partial charge is 0.324 e. The second kappa shape index (κ2) is 7.71. The molecule has 0 aliphatic rings. The number of rotatable bonds is 6. The minimum absolute atomic E-state index is 0.0474. The highest BCUT2D eigenvalue weighted by atomic mass is 35.5. The first-order chi connectivity index (χ1) is 10.8. The maximum absolute atomic E-state index is 13.0. The largest absolute Gasteiger partial charge is 0.418 e. The van der Waals surface area contributed by atoms with Crippen LogP contribution in [-0.2, 0) is 21.0 Å². The van der Waals surface area contributed by atoms with Gasteiger partial charge < -0.3 is 5.32 Å². The molecule has 0 spiro atoms. The van der Waals surface area contributed by atoms with E-state index < -0.39 is 39.9 Å². The number of amides is 1. The van der Waals surface area contributed by atoms with Crippen LogP contribution in [0.2, 0.25) is 5.02 Å². The standard InChI is InChI=1S/C14H18ClF3N2O3S/c1-9(2)7-20(24(3,22)23)8-13(21)19-12-5-4-10(15)6-11(12)14(16,17)18/h4-6,9H,7-8H2,1-3H3,(H,19,21). The van der Waals surface area contributed by atoms with Crippen molar-refractivity contribution in [2.24, 2.45) is 5.92 Å². The van der Waals surface area contributed by atoms with Crippen LogP contribution in [0.5, 0.6) is 0 Å². The summed E-state index contributed by atoms with van der Waals surface area (Å²) in [6.07, 6.45) is -3.77. The van der Waals surface area contributed by atoms with Gasteiger partial charge in [0.2, 0.25) is 15.9 Å². The molecule has 1 N–H and O–H groups in total. The normalized spacial score (nSPS) is 12.7. The van der Waals surface area contributed by atoms with Crippen molar-refractivity contribution in [2.75, 3.05) is 24.7 Å². The Kier molecular flexibility index (Phi) is 6.66. The number of nitrogens with one attached hydrogen (secondary N) is 1. The summed E-state index contributed by atoms with van der Waals surface area (Å²) in [7, 11) is -3.66. The van der Waals surface area contributed by atoms with E-state index in [9.17, 15) is 26.4 Å². The number of hydrogen-bond acceptors (Lipinski definition) is 3. The molecule has 0 bridgehead atoms. The summed E-state index contributed by atoms with van der Waals surface area (Å²) in [6, 6.07) is 2.92. The van der Waals surface area contributed by atoms with Gasteiger partial charge in [0.1, 0.15) is 0 Å². The Bertz CT molecular complexity index is 706. The molecule has 0 saturated heterocycles. The van der Waals surface area contributed by atoms with Gasteiger partial charge in [0, 0.05) is 11.6 Å². The van der Waals surface area contributed by atoms with E-state index in [1.807, 2.05) is 0 Å². The third kappa shape index (κ3) is 6.29. The Balaban J connectivity index is 2.99. The summed E-state index contributed by atoms with van der Waals surface area (Å²) >= 11 is 5.56. The maximum Gasteiger partial charge on any atom is 0.418 e. The summed E-state index contributed by atoms with van der Waals surface area (Å²) in [5, 5.41) is 1.97. The van der Waals surface area contributed by atoms with Crippen LogP contribution in [0.4, 0.5) is 18.9 Å². The predicted molar refractivity (Wildman–Crippen MR) is 86.3 cm³/mol. The number of carbonyl (C=O) groups is 1. The second-order valence-electron chi connectivity index (χ2n) is 5.69. The van der Waals surface area contributed by atoms with Crippen molar-refractivity contribution in [1.82, 2.24) is 4.31 Å². The van der Waals surface area contributed by atoms with Crippen molar-refractivity contribution < 1.29 is 26.4 Å².